The molecule has 0 saturated heterocycles. The zero-order chi connectivity index (χ0) is 19.1. The van der Waals surface area contributed by atoms with Crippen molar-refractivity contribution in [1.82, 2.24) is 19.3 Å². The average molecular weight is 360 g/mol. The predicted octanol–water partition coefficient (Wildman–Crippen LogP) is 4.24. The summed E-state index contributed by atoms with van der Waals surface area (Å²) in [5, 5.41) is 1.12. The number of aromatic nitrogens is 3. The summed E-state index contributed by atoms with van der Waals surface area (Å²) in [6.07, 6.45) is 0. The number of fused-ring (bicyclic) bond motifs is 3. The normalized spacial score (nSPS) is 11.6. The Labute approximate surface area is 159 Å². The molecular formula is C22H24N4O. The highest BCUT2D eigenvalue weighted by Crippen LogP contribution is 2.27. The number of aryl methyl sites for hydroxylation is 2. The zero-order valence-corrected chi connectivity index (χ0v) is 16.4. The zero-order valence-electron chi connectivity index (χ0n) is 16.4. The van der Waals surface area contributed by atoms with Crippen molar-refractivity contribution in [3.05, 3.63) is 59.4 Å². The van der Waals surface area contributed by atoms with Gasteiger partial charge in [0, 0.05) is 17.5 Å². The Morgan fingerprint density at radius 2 is 1.70 bits per heavy atom. The predicted molar refractivity (Wildman–Crippen MR) is 109 cm³/mol. The number of ether oxygens (including phenoxy) is 1. The van der Waals surface area contributed by atoms with Gasteiger partial charge in [-0.05, 0) is 76.0 Å². The van der Waals surface area contributed by atoms with Crippen LogP contribution in [0.15, 0.2) is 42.5 Å². The van der Waals surface area contributed by atoms with Gasteiger partial charge in [0.05, 0.1) is 24.2 Å². The molecule has 5 heteroatoms. The lowest BCUT2D eigenvalue weighted by molar-refractivity contribution is 0.395. The molecule has 5 nitrogen and oxygen atoms in total. The second-order valence-electron chi connectivity index (χ2n) is 7.21. The van der Waals surface area contributed by atoms with Crippen LogP contribution in [0, 0.1) is 13.8 Å². The molecule has 27 heavy (non-hydrogen) atoms. The van der Waals surface area contributed by atoms with Crippen LogP contribution < -0.4 is 4.74 Å². The SMILES string of the molecule is COc1ccc(-c2ccc3cc(C)c4nc(C)c(CN(C)C)n4c3n2)cc1. The number of hydrogen-bond acceptors (Lipinski definition) is 4. The summed E-state index contributed by atoms with van der Waals surface area (Å²) in [6.45, 7) is 5.00. The van der Waals surface area contributed by atoms with Crippen LogP contribution >= 0.6 is 0 Å². The van der Waals surface area contributed by atoms with E-state index in [9.17, 15) is 0 Å². The van der Waals surface area contributed by atoms with Gasteiger partial charge < -0.3 is 9.64 Å². The van der Waals surface area contributed by atoms with Gasteiger partial charge in [0.1, 0.15) is 17.0 Å². The number of hydrogen-bond donors (Lipinski definition) is 0. The van der Waals surface area contributed by atoms with Crippen molar-refractivity contribution in [2.24, 2.45) is 0 Å². The molecule has 0 saturated carbocycles. The molecule has 0 N–H and O–H groups in total. The third kappa shape index (κ3) is 3.04. The van der Waals surface area contributed by atoms with Gasteiger partial charge in [-0.15, -0.1) is 0 Å². The smallest absolute Gasteiger partial charge is 0.146 e. The molecule has 0 amide bonds. The van der Waals surface area contributed by atoms with Crippen molar-refractivity contribution in [3.63, 3.8) is 0 Å². The second kappa shape index (κ2) is 6.67. The quantitative estimate of drug-likeness (QED) is 0.546. The van der Waals surface area contributed by atoms with E-state index in [4.69, 9.17) is 14.7 Å². The number of nitrogens with zero attached hydrogens (tertiary/aromatic N) is 4. The fourth-order valence-electron chi connectivity index (χ4n) is 3.51. The van der Waals surface area contributed by atoms with E-state index in [1.54, 1.807) is 7.11 Å². The average Bonchev–Trinajstić information content (AvgIpc) is 2.98. The minimum Gasteiger partial charge on any atom is -0.497 e. The highest BCUT2D eigenvalue weighted by atomic mass is 16.5. The minimum absolute atomic E-state index is 0.819. The first-order valence-corrected chi connectivity index (χ1v) is 9.05. The molecule has 138 valence electrons. The van der Waals surface area contributed by atoms with E-state index in [0.717, 1.165) is 51.5 Å². The molecule has 4 aromatic rings. The summed E-state index contributed by atoms with van der Waals surface area (Å²) < 4.78 is 7.48. The van der Waals surface area contributed by atoms with Crippen LogP contribution in [0.5, 0.6) is 5.75 Å². The maximum atomic E-state index is 5.26. The third-order valence-electron chi connectivity index (χ3n) is 4.87. The van der Waals surface area contributed by atoms with Crippen LogP contribution in [-0.2, 0) is 6.54 Å². The summed E-state index contributed by atoms with van der Waals surface area (Å²) in [7, 11) is 5.83. The molecule has 0 aliphatic heterocycles. The monoisotopic (exact) mass is 360 g/mol. The van der Waals surface area contributed by atoms with Crippen LogP contribution in [0.3, 0.4) is 0 Å². The molecule has 0 atom stereocenters. The number of methoxy groups -OCH3 is 1. The van der Waals surface area contributed by atoms with Crippen molar-refractivity contribution >= 4 is 16.7 Å². The first kappa shape index (κ1) is 17.5. The molecule has 0 bridgehead atoms. The van der Waals surface area contributed by atoms with Crippen molar-refractivity contribution < 1.29 is 4.74 Å². The van der Waals surface area contributed by atoms with Gasteiger partial charge in [-0.25, -0.2) is 9.97 Å². The van der Waals surface area contributed by atoms with Crippen molar-refractivity contribution in [1.29, 1.82) is 0 Å². The lowest BCUT2D eigenvalue weighted by atomic mass is 10.1. The number of rotatable bonds is 4. The summed E-state index contributed by atoms with van der Waals surface area (Å²) in [5.74, 6) is 0.844. The van der Waals surface area contributed by atoms with E-state index >= 15 is 0 Å². The van der Waals surface area contributed by atoms with Crippen molar-refractivity contribution in [3.8, 4) is 17.0 Å². The van der Waals surface area contributed by atoms with E-state index in [-0.39, 0.29) is 0 Å². The van der Waals surface area contributed by atoms with Gasteiger partial charge in [0.25, 0.3) is 0 Å². The minimum atomic E-state index is 0.819. The van der Waals surface area contributed by atoms with Gasteiger partial charge in [-0.3, -0.25) is 4.40 Å². The topological polar surface area (TPSA) is 42.7 Å². The van der Waals surface area contributed by atoms with E-state index < -0.39 is 0 Å². The summed E-state index contributed by atoms with van der Waals surface area (Å²) in [4.78, 5) is 12.0. The molecule has 0 unspecified atom stereocenters. The largest absolute Gasteiger partial charge is 0.497 e. The Hall–Kier alpha value is -2.92. The maximum Gasteiger partial charge on any atom is 0.146 e. The van der Waals surface area contributed by atoms with Crippen LogP contribution in [-0.4, -0.2) is 40.5 Å². The maximum absolute atomic E-state index is 5.26. The van der Waals surface area contributed by atoms with E-state index in [2.05, 4.69) is 55.4 Å². The van der Waals surface area contributed by atoms with Gasteiger partial charge in [0.15, 0.2) is 0 Å². The molecule has 3 aromatic heterocycles. The molecule has 3 heterocycles. The number of imidazole rings is 1. The molecular weight excluding hydrogens is 336 g/mol. The molecule has 0 radical (unpaired) electrons. The van der Waals surface area contributed by atoms with E-state index in [0.29, 0.717) is 0 Å². The lowest BCUT2D eigenvalue weighted by Gasteiger charge is -2.13. The summed E-state index contributed by atoms with van der Waals surface area (Å²) in [6, 6.07) is 14.4. The highest BCUT2D eigenvalue weighted by molar-refractivity contribution is 5.83. The van der Waals surface area contributed by atoms with Crippen molar-refractivity contribution in [2.45, 2.75) is 20.4 Å². The van der Waals surface area contributed by atoms with Crippen molar-refractivity contribution in [2.75, 3.05) is 21.2 Å². The molecule has 1 aromatic carbocycles. The van der Waals surface area contributed by atoms with Crippen LogP contribution in [0.4, 0.5) is 0 Å². The van der Waals surface area contributed by atoms with Crippen LogP contribution in [0.25, 0.3) is 27.9 Å². The molecule has 0 fully saturated rings. The van der Waals surface area contributed by atoms with Gasteiger partial charge in [0.2, 0.25) is 0 Å². The Morgan fingerprint density at radius 1 is 0.963 bits per heavy atom. The molecule has 4 rings (SSSR count). The number of pyridine rings is 2. The first-order valence-electron chi connectivity index (χ1n) is 9.05. The van der Waals surface area contributed by atoms with Gasteiger partial charge in [-0.2, -0.15) is 0 Å². The van der Waals surface area contributed by atoms with E-state index in [1.807, 2.05) is 24.3 Å². The Balaban J connectivity index is 1.98. The van der Waals surface area contributed by atoms with Crippen LogP contribution in [0.1, 0.15) is 17.0 Å². The second-order valence-corrected chi connectivity index (χ2v) is 7.21. The summed E-state index contributed by atoms with van der Waals surface area (Å²) in [5.41, 5.74) is 7.33. The summed E-state index contributed by atoms with van der Waals surface area (Å²) >= 11 is 0. The van der Waals surface area contributed by atoms with Crippen LogP contribution in [0.2, 0.25) is 0 Å². The molecule has 0 spiro atoms. The fourth-order valence-corrected chi connectivity index (χ4v) is 3.51. The molecule has 0 aliphatic rings. The standard InChI is InChI=1S/C22H24N4O/c1-14-12-17-8-11-19(16-6-9-18(27-5)10-7-16)24-22(17)26-20(13-25(3)4)15(2)23-21(14)26/h6-12H,13H2,1-5H3. The Bertz CT molecular complexity index is 1130. The molecule has 0 aliphatic carbocycles. The van der Waals surface area contributed by atoms with Gasteiger partial charge >= 0.3 is 0 Å². The lowest BCUT2D eigenvalue weighted by Crippen LogP contribution is -2.14. The van der Waals surface area contributed by atoms with E-state index in [1.165, 1.54) is 5.69 Å². The first-order chi connectivity index (χ1) is 13.0. The Kier molecular flexibility index (Phi) is 4.32. The highest BCUT2D eigenvalue weighted by Gasteiger charge is 2.16. The number of benzene rings is 1. The third-order valence-corrected chi connectivity index (χ3v) is 4.87. The Morgan fingerprint density at radius 3 is 2.37 bits per heavy atom. The fraction of sp³-hybridized carbons (Fsp3) is 0.273. The van der Waals surface area contributed by atoms with Gasteiger partial charge in [-0.1, -0.05) is 0 Å².